The maximum absolute atomic E-state index is 11.7. The fourth-order valence-corrected chi connectivity index (χ4v) is 3.28. The van der Waals surface area contributed by atoms with Gasteiger partial charge in [0, 0.05) is 5.56 Å². The lowest BCUT2D eigenvalue weighted by atomic mass is 10.1. The molecule has 2 aromatic rings. The molecule has 0 bridgehead atoms. The van der Waals surface area contributed by atoms with E-state index in [1.807, 2.05) is 24.3 Å². The molecule has 176 valence electrons. The number of unbranched alkanes of at least 4 members (excludes halogenated alkanes) is 9. The minimum absolute atomic E-state index is 0.263. The van der Waals surface area contributed by atoms with Gasteiger partial charge < -0.3 is 14.2 Å². The second kappa shape index (κ2) is 16.1. The highest BCUT2D eigenvalue weighted by Crippen LogP contribution is 2.21. The van der Waals surface area contributed by atoms with Crippen molar-refractivity contribution in [3.8, 4) is 22.9 Å². The molecule has 0 N–H and O–H groups in total. The number of hydrogen-bond donors (Lipinski definition) is 0. The Balaban J connectivity index is 1.67. The smallest absolute Gasteiger partial charge is 0.494 e. The number of aromatic nitrogens is 2. The van der Waals surface area contributed by atoms with Crippen LogP contribution in [0.1, 0.15) is 84.5 Å². The fourth-order valence-electron chi connectivity index (χ4n) is 3.28. The second-order valence-electron chi connectivity index (χ2n) is 8.00. The lowest BCUT2D eigenvalue weighted by Crippen LogP contribution is -2.11. The Morgan fingerprint density at radius 2 is 1.28 bits per heavy atom. The number of benzene rings is 1. The summed E-state index contributed by atoms with van der Waals surface area (Å²) in [6.45, 7) is 5.44. The molecule has 0 unspecified atom stereocenters. The molecule has 0 fully saturated rings. The van der Waals surface area contributed by atoms with Crippen molar-refractivity contribution in [2.45, 2.75) is 84.5 Å². The maximum Gasteiger partial charge on any atom is 0.513 e. The van der Waals surface area contributed by atoms with Crippen LogP contribution in [0.25, 0.3) is 11.4 Å². The van der Waals surface area contributed by atoms with Gasteiger partial charge in [0.25, 0.3) is 0 Å². The number of carbonyl (C=O) groups is 1. The average Bonchev–Trinajstić information content (AvgIpc) is 2.82. The summed E-state index contributed by atoms with van der Waals surface area (Å²) in [7, 11) is 0. The zero-order valence-corrected chi connectivity index (χ0v) is 19.7. The molecular weight excluding hydrogens is 404 g/mol. The Kier molecular flexibility index (Phi) is 12.9. The van der Waals surface area contributed by atoms with Crippen LogP contribution in [0.5, 0.6) is 11.5 Å². The van der Waals surface area contributed by atoms with Gasteiger partial charge in [-0.3, -0.25) is 0 Å². The summed E-state index contributed by atoms with van der Waals surface area (Å²) in [4.78, 5) is 20.2. The van der Waals surface area contributed by atoms with Crippen molar-refractivity contribution in [1.82, 2.24) is 9.97 Å². The molecular formula is C26H38N2O4. The normalized spacial score (nSPS) is 10.7. The van der Waals surface area contributed by atoms with E-state index in [0.29, 0.717) is 12.4 Å². The van der Waals surface area contributed by atoms with Crippen LogP contribution in [0.4, 0.5) is 4.79 Å². The molecule has 6 nitrogen and oxygen atoms in total. The first-order valence-electron chi connectivity index (χ1n) is 12.1. The van der Waals surface area contributed by atoms with E-state index in [0.717, 1.165) is 43.6 Å². The van der Waals surface area contributed by atoms with Crippen LogP contribution in [0.2, 0.25) is 0 Å². The molecule has 1 aromatic heterocycles. The SMILES string of the molecule is CCCCCCCCCCOc1ccc(-c2ncc(OC(=O)OCCCCC)cn2)cc1. The Morgan fingerprint density at radius 1 is 0.719 bits per heavy atom. The highest BCUT2D eigenvalue weighted by atomic mass is 16.7. The first-order valence-corrected chi connectivity index (χ1v) is 12.1. The maximum atomic E-state index is 11.7. The Labute approximate surface area is 192 Å². The molecule has 1 aromatic carbocycles. The largest absolute Gasteiger partial charge is 0.513 e. The van der Waals surface area contributed by atoms with E-state index in [-0.39, 0.29) is 5.75 Å². The van der Waals surface area contributed by atoms with Gasteiger partial charge in [0.2, 0.25) is 0 Å². The summed E-state index contributed by atoms with van der Waals surface area (Å²) in [6, 6.07) is 7.73. The van der Waals surface area contributed by atoms with Gasteiger partial charge in [0.05, 0.1) is 25.6 Å². The molecule has 0 aliphatic rings. The lowest BCUT2D eigenvalue weighted by molar-refractivity contribution is 0.0971. The molecule has 0 aliphatic carbocycles. The quantitative estimate of drug-likeness (QED) is 0.200. The van der Waals surface area contributed by atoms with Crippen molar-refractivity contribution < 1.29 is 19.0 Å². The van der Waals surface area contributed by atoms with Gasteiger partial charge in [-0.1, -0.05) is 71.6 Å². The van der Waals surface area contributed by atoms with E-state index in [1.54, 1.807) is 0 Å². The van der Waals surface area contributed by atoms with E-state index in [4.69, 9.17) is 14.2 Å². The summed E-state index contributed by atoms with van der Waals surface area (Å²) >= 11 is 0. The van der Waals surface area contributed by atoms with Crippen LogP contribution in [0.15, 0.2) is 36.7 Å². The van der Waals surface area contributed by atoms with Gasteiger partial charge in [-0.15, -0.1) is 0 Å². The number of carbonyl (C=O) groups excluding carboxylic acids is 1. The van der Waals surface area contributed by atoms with Crippen LogP contribution in [0, 0.1) is 0 Å². The summed E-state index contributed by atoms with van der Waals surface area (Å²) in [6.07, 6.45) is 15.5. The van der Waals surface area contributed by atoms with E-state index in [9.17, 15) is 4.79 Å². The van der Waals surface area contributed by atoms with Crippen molar-refractivity contribution in [2.24, 2.45) is 0 Å². The second-order valence-corrected chi connectivity index (χ2v) is 8.00. The predicted octanol–water partition coefficient (Wildman–Crippen LogP) is 7.37. The van der Waals surface area contributed by atoms with Crippen molar-refractivity contribution in [2.75, 3.05) is 13.2 Å². The Morgan fingerprint density at radius 3 is 1.94 bits per heavy atom. The molecule has 0 radical (unpaired) electrons. The topological polar surface area (TPSA) is 70.5 Å². The summed E-state index contributed by atoms with van der Waals surface area (Å²) in [5.41, 5.74) is 0.873. The van der Waals surface area contributed by atoms with Crippen LogP contribution >= 0.6 is 0 Å². The summed E-state index contributed by atoms with van der Waals surface area (Å²) in [5.74, 6) is 1.67. The van der Waals surface area contributed by atoms with Crippen molar-refractivity contribution in [1.29, 1.82) is 0 Å². The van der Waals surface area contributed by atoms with Crippen LogP contribution in [0.3, 0.4) is 0 Å². The highest BCUT2D eigenvalue weighted by Gasteiger charge is 2.08. The first kappa shape index (κ1) is 25.6. The molecule has 32 heavy (non-hydrogen) atoms. The van der Waals surface area contributed by atoms with Crippen LogP contribution in [-0.4, -0.2) is 29.3 Å². The first-order chi connectivity index (χ1) is 15.7. The van der Waals surface area contributed by atoms with Gasteiger partial charge in [0.15, 0.2) is 11.6 Å². The third-order valence-electron chi connectivity index (χ3n) is 5.18. The Hall–Kier alpha value is -2.63. The minimum atomic E-state index is -0.726. The van der Waals surface area contributed by atoms with Crippen molar-refractivity contribution >= 4 is 6.16 Å². The predicted molar refractivity (Wildman–Crippen MR) is 127 cm³/mol. The summed E-state index contributed by atoms with van der Waals surface area (Å²) in [5, 5.41) is 0. The third kappa shape index (κ3) is 10.6. The number of ether oxygens (including phenoxy) is 3. The van der Waals surface area contributed by atoms with Crippen LogP contribution in [-0.2, 0) is 4.74 Å². The zero-order valence-electron chi connectivity index (χ0n) is 19.7. The van der Waals surface area contributed by atoms with Crippen molar-refractivity contribution in [3.63, 3.8) is 0 Å². The molecule has 0 saturated heterocycles. The summed E-state index contributed by atoms with van der Waals surface area (Å²) < 4.78 is 16.0. The van der Waals surface area contributed by atoms with Gasteiger partial charge in [-0.2, -0.15) is 0 Å². The number of rotatable bonds is 16. The number of hydrogen-bond acceptors (Lipinski definition) is 6. The van der Waals surface area contributed by atoms with E-state index >= 15 is 0 Å². The molecule has 6 heteroatoms. The van der Waals surface area contributed by atoms with Crippen molar-refractivity contribution in [3.05, 3.63) is 36.7 Å². The standard InChI is InChI=1S/C26H38N2O4/c1-3-5-7-8-9-10-11-13-18-30-23-16-14-22(15-17-23)25-27-20-24(21-28-25)32-26(29)31-19-12-6-4-2/h14-17,20-21H,3-13,18-19H2,1-2H3. The molecule has 1 heterocycles. The van der Waals surface area contributed by atoms with E-state index in [1.165, 1.54) is 57.3 Å². The zero-order chi connectivity index (χ0) is 22.9. The van der Waals surface area contributed by atoms with Gasteiger partial charge in [-0.05, 0) is 37.1 Å². The van der Waals surface area contributed by atoms with Gasteiger partial charge in [-0.25, -0.2) is 14.8 Å². The van der Waals surface area contributed by atoms with Gasteiger partial charge >= 0.3 is 6.16 Å². The van der Waals surface area contributed by atoms with Crippen LogP contribution < -0.4 is 9.47 Å². The minimum Gasteiger partial charge on any atom is -0.494 e. The molecule has 0 saturated carbocycles. The molecule has 2 rings (SSSR count). The molecule has 0 aliphatic heterocycles. The lowest BCUT2D eigenvalue weighted by Gasteiger charge is -2.08. The van der Waals surface area contributed by atoms with E-state index < -0.39 is 6.16 Å². The Bertz CT molecular complexity index is 747. The molecule has 0 spiro atoms. The fraction of sp³-hybridized carbons (Fsp3) is 0.577. The third-order valence-corrected chi connectivity index (χ3v) is 5.18. The van der Waals surface area contributed by atoms with E-state index in [2.05, 4.69) is 23.8 Å². The molecule has 0 amide bonds. The highest BCUT2D eigenvalue weighted by molar-refractivity contribution is 5.63. The average molecular weight is 443 g/mol. The monoisotopic (exact) mass is 442 g/mol. The van der Waals surface area contributed by atoms with Gasteiger partial charge in [0.1, 0.15) is 5.75 Å². The molecule has 0 atom stereocenters. The number of nitrogens with zero attached hydrogens (tertiary/aromatic N) is 2.